The van der Waals surface area contributed by atoms with Gasteiger partial charge in [0.15, 0.2) is 0 Å². The number of halogens is 1. The van der Waals surface area contributed by atoms with E-state index in [1.165, 1.54) is 11.1 Å². The van der Waals surface area contributed by atoms with Crippen molar-refractivity contribution in [1.82, 2.24) is 9.78 Å². The minimum Gasteiger partial charge on any atom is -0.322 e. The van der Waals surface area contributed by atoms with Crippen LogP contribution in [0.1, 0.15) is 29.8 Å². The van der Waals surface area contributed by atoms with Gasteiger partial charge in [-0.15, -0.1) is 0 Å². The molecule has 1 aromatic heterocycles. The molecular formula is C14H18ClN3. The minimum absolute atomic E-state index is 0.123. The van der Waals surface area contributed by atoms with E-state index in [4.69, 9.17) is 17.3 Å². The van der Waals surface area contributed by atoms with Gasteiger partial charge in [0.25, 0.3) is 0 Å². The molecular weight excluding hydrogens is 246 g/mol. The SMILES string of the molecule is CCn1ncc(Cl)c1C(N)Cc1ccc(C)cc1. The van der Waals surface area contributed by atoms with E-state index in [9.17, 15) is 0 Å². The molecule has 1 heterocycles. The van der Waals surface area contributed by atoms with Gasteiger partial charge in [-0.05, 0) is 25.8 Å². The van der Waals surface area contributed by atoms with Crippen molar-refractivity contribution in [2.75, 3.05) is 0 Å². The van der Waals surface area contributed by atoms with Crippen molar-refractivity contribution >= 4 is 11.6 Å². The fraction of sp³-hybridized carbons (Fsp3) is 0.357. The van der Waals surface area contributed by atoms with Crippen LogP contribution in [-0.2, 0) is 13.0 Å². The van der Waals surface area contributed by atoms with Crippen LogP contribution in [-0.4, -0.2) is 9.78 Å². The van der Waals surface area contributed by atoms with Crippen molar-refractivity contribution in [2.45, 2.75) is 32.9 Å². The van der Waals surface area contributed by atoms with Crippen LogP contribution in [0.15, 0.2) is 30.5 Å². The second-order valence-corrected chi connectivity index (χ2v) is 4.90. The maximum absolute atomic E-state index is 6.24. The predicted molar refractivity (Wildman–Crippen MR) is 74.7 cm³/mol. The van der Waals surface area contributed by atoms with Crippen molar-refractivity contribution < 1.29 is 0 Å². The Hall–Kier alpha value is -1.32. The molecule has 0 aliphatic heterocycles. The molecule has 18 heavy (non-hydrogen) atoms. The monoisotopic (exact) mass is 263 g/mol. The fourth-order valence-electron chi connectivity index (χ4n) is 2.07. The highest BCUT2D eigenvalue weighted by molar-refractivity contribution is 6.31. The second kappa shape index (κ2) is 5.55. The molecule has 0 bridgehead atoms. The van der Waals surface area contributed by atoms with E-state index < -0.39 is 0 Å². The Morgan fingerprint density at radius 1 is 1.33 bits per heavy atom. The summed E-state index contributed by atoms with van der Waals surface area (Å²) in [4.78, 5) is 0. The van der Waals surface area contributed by atoms with Gasteiger partial charge in [-0.25, -0.2) is 0 Å². The van der Waals surface area contributed by atoms with Gasteiger partial charge in [0, 0.05) is 6.54 Å². The molecule has 0 radical (unpaired) electrons. The number of nitrogens with zero attached hydrogens (tertiary/aromatic N) is 2. The standard InChI is InChI=1S/C14H18ClN3/c1-3-18-14(12(15)9-17-18)13(16)8-11-6-4-10(2)5-7-11/h4-7,9,13H,3,8,16H2,1-2H3. The lowest BCUT2D eigenvalue weighted by atomic mass is 10.0. The molecule has 2 aromatic rings. The number of nitrogens with two attached hydrogens (primary N) is 1. The first-order chi connectivity index (χ1) is 8.61. The Morgan fingerprint density at radius 3 is 2.61 bits per heavy atom. The molecule has 1 aromatic carbocycles. The van der Waals surface area contributed by atoms with Gasteiger partial charge in [-0.1, -0.05) is 41.4 Å². The molecule has 3 nitrogen and oxygen atoms in total. The van der Waals surface area contributed by atoms with Crippen LogP contribution >= 0.6 is 11.6 Å². The number of hydrogen-bond donors (Lipinski definition) is 1. The predicted octanol–water partition coefficient (Wildman–Crippen LogP) is 3.11. The minimum atomic E-state index is -0.123. The quantitative estimate of drug-likeness (QED) is 0.921. The maximum Gasteiger partial charge on any atom is 0.0834 e. The van der Waals surface area contributed by atoms with Gasteiger partial charge < -0.3 is 5.73 Å². The zero-order valence-corrected chi connectivity index (χ0v) is 11.5. The number of aromatic nitrogens is 2. The Kier molecular flexibility index (Phi) is 4.04. The van der Waals surface area contributed by atoms with Crippen LogP contribution < -0.4 is 5.73 Å². The number of benzene rings is 1. The normalized spacial score (nSPS) is 12.7. The molecule has 0 spiro atoms. The van der Waals surface area contributed by atoms with Crippen LogP contribution in [0.5, 0.6) is 0 Å². The van der Waals surface area contributed by atoms with Gasteiger partial charge in [0.05, 0.1) is 23.0 Å². The zero-order chi connectivity index (χ0) is 13.1. The highest BCUT2D eigenvalue weighted by Crippen LogP contribution is 2.24. The molecule has 1 unspecified atom stereocenters. The number of rotatable bonds is 4. The van der Waals surface area contributed by atoms with E-state index in [1.807, 2.05) is 11.6 Å². The third-order valence-corrected chi connectivity index (χ3v) is 3.35. The van der Waals surface area contributed by atoms with Gasteiger partial charge in [-0.3, -0.25) is 4.68 Å². The molecule has 96 valence electrons. The van der Waals surface area contributed by atoms with Crippen LogP contribution in [0, 0.1) is 6.92 Å². The molecule has 4 heteroatoms. The molecule has 0 saturated carbocycles. The molecule has 0 amide bonds. The van der Waals surface area contributed by atoms with Gasteiger partial charge >= 0.3 is 0 Å². The van der Waals surface area contributed by atoms with Crippen LogP contribution in [0.2, 0.25) is 5.02 Å². The van der Waals surface area contributed by atoms with Crippen LogP contribution in [0.3, 0.4) is 0 Å². The summed E-state index contributed by atoms with van der Waals surface area (Å²) in [6.45, 7) is 4.89. The summed E-state index contributed by atoms with van der Waals surface area (Å²) in [5, 5.41) is 4.87. The van der Waals surface area contributed by atoms with E-state index >= 15 is 0 Å². The maximum atomic E-state index is 6.24. The third kappa shape index (κ3) is 2.74. The summed E-state index contributed by atoms with van der Waals surface area (Å²) in [5.74, 6) is 0. The zero-order valence-electron chi connectivity index (χ0n) is 10.7. The van der Waals surface area contributed by atoms with E-state index in [-0.39, 0.29) is 6.04 Å². The molecule has 0 aliphatic carbocycles. The lowest BCUT2D eigenvalue weighted by Gasteiger charge is -2.14. The molecule has 2 N–H and O–H groups in total. The lowest BCUT2D eigenvalue weighted by molar-refractivity contribution is 0.568. The average molecular weight is 264 g/mol. The Balaban J connectivity index is 2.18. The molecule has 0 fully saturated rings. The van der Waals surface area contributed by atoms with E-state index in [0.29, 0.717) is 5.02 Å². The average Bonchev–Trinajstić information content (AvgIpc) is 2.73. The van der Waals surface area contributed by atoms with Crippen molar-refractivity contribution in [3.05, 3.63) is 52.3 Å². The summed E-state index contributed by atoms with van der Waals surface area (Å²) in [6, 6.07) is 8.29. The van der Waals surface area contributed by atoms with Crippen molar-refractivity contribution in [2.24, 2.45) is 5.73 Å². The molecule has 2 rings (SSSR count). The van der Waals surface area contributed by atoms with Gasteiger partial charge in [0.1, 0.15) is 0 Å². The molecule has 0 saturated heterocycles. The van der Waals surface area contributed by atoms with E-state index in [1.54, 1.807) is 6.20 Å². The first kappa shape index (κ1) is 13.1. The molecule has 1 atom stereocenters. The molecule has 0 aliphatic rings. The van der Waals surface area contributed by atoms with E-state index in [0.717, 1.165) is 18.7 Å². The van der Waals surface area contributed by atoms with Crippen molar-refractivity contribution in [3.63, 3.8) is 0 Å². The smallest absolute Gasteiger partial charge is 0.0834 e. The topological polar surface area (TPSA) is 43.8 Å². The van der Waals surface area contributed by atoms with E-state index in [2.05, 4.69) is 36.3 Å². The number of hydrogen-bond acceptors (Lipinski definition) is 2. The summed E-state index contributed by atoms with van der Waals surface area (Å²) < 4.78 is 1.86. The summed E-state index contributed by atoms with van der Waals surface area (Å²) in [5.41, 5.74) is 9.63. The fourth-order valence-corrected chi connectivity index (χ4v) is 2.35. The van der Waals surface area contributed by atoms with Crippen molar-refractivity contribution in [3.8, 4) is 0 Å². The highest BCUT2D eigenvalue weighted by atomic mass is 35.5. The van der Waals surface area contributed by atoms with Crippen molar-refractivity contribution in [1.29, 1.82) is 0 Å². The third-order valence-electron chi connectivity index (χ3n) is 3.06. The van der Waals surface area contributed by atoms with Crippen LogP contribution in [0.25, 0.3) is 0 Å². The Labute approximate surface area is 113 Å². The number of aryl methyl sites for hydroxylation is 2. The van der Waals surface area contributed by atoms with Gasteiger partial charge in [0.2, 0.25) is 0 Å². The first-order valence-electron chi connectivity index (χ1n) is 6.14. The summed E-state index contributed by atoms with van der Waals surface area (Å²) in [7, 11) is 0. The highest BCUT2D eigenvalue weighted by Gasteiger charge is 2.16. The largest absolute Gasteiger partial charge is 0.322 e. The lowest BCUT2D eigenvalue weighted by Crippen LogP contribution is -2.18. The summed E-state index contributed by atoms with van der Waals surface area (Å²) >= 11 is 6.15. The Bertz CT molecular complexity index is 516. The Morgan fingerprint density at radius 2 is 2.00 bits per heavy atom. The summed E-state index contributed by atoms with van der Waals surface area (Å²) in [6.07, 6.45) is 2.43. The van der Waals surface area contributed by atoms with Crippen LogP contribution in [0.4, 0.5) is 0 Å². The van der Waals surface area contributed by atoms with Gasteiger partial charge in [-0.2, -0.15) is 5.10 Å². The first-order valence-corrected chi connectivity index (χ1v) is 6.52. The second-order valence-electron chi connectivity index (χ2n) is 4.49.